The Morgan fingerprint density at radius 1 is 1.00 bits per heavy atom. The van der Waals surface area contributed by atoms with Crippen molar-refractivity contribution in [1.29, 1.82) is 0 Å². The number of nitrogens with zero attached hydrogens (tertiary/aromatic N) is 3. The minimum Gasteiger partial charge on any atom is -0.315 e. The number of rotatable bonds is 3. The quantitative estimate of drug-likeness (QED) is 0.544. The van der Waals surface area contributed by atoms with Crippen molar-refractivity contribution in [2.24, 2.45) is 0 Å². The Bertz CT molecular complexity index is 1130. The first kappa shape index (κ1) is 16.3. The lowest BCUT2D eigenvalue weighted by atomic mass is 10.1. The van der Waals surface area contributed by atoms with E-state index in [1.165, 1.54) is 12.1 Å². The maximum Gasteiger partial charge on any atom is 0.282 e. The molecule has 0 aliphatic rings. The molecule has 5 heteroatoms. The van der Waals surface area contributed by atoms with Gasteiger partial charge in [0.2, 0.25) is 0 Å². The van der Waals surface area contributed by atoms with Crippen LogP contribution in [0.5, 0.6) is 0 Å². The van der Waals surface area contributed by atoms with Crippen LogP contribution in [0.3, 0.4) is 0 Å². The fraction of sp³-hybridized carbons (Fsp3) is 0.143. The molecule has 4 rings (SSSR count). The first-order chi connectivity index (χ1) is 12.6. The standard InChI is InChI=1S/C21H18FN3O/c1-14(2)24-13-23-20(26)18-12-19(15-6-4-3-5-7-15)25(21(18)24)17-10-8-16(22)9-11-17/h3-14H,1-2H3. The van der Waals surface area contributed by atoms with Crippen LogP contribution in [0.2, 0.25) is 0 Å². The highest BCUT2D eigenvalue weighted by Crippen LogP contribution is 2.31. The summed E-state index contributed by atoms with van der Waals surface area (Å²) in [6.45, 7) is 4.07. The van der Waals surface area contributed by atoms with Crippen LogP contribution < -0.4 is 5.56 Å². The number of hydrogen-bond donors (Lipinski definition) is 0. The van der Waals surface area contributed by atoms with Crippen molar-refractivity contribution in [3.05, 3.63) is 83.2 Å². The lowest BCUT2D eigenvalue weighted by molar-refractivity contribution is 0.598. The van der Waals surface area contributed by atoms with Gasteiger partial charge in [0, 0.05) is 11.7 Å². The molecule has 0 saturated heterocycles. The zero-order valence-electron chi connectivity index (χ0n) is 14.6. The van der Waals surface area contributed by atoms with Crippen molar-refractivity contribution in [2.45, 2.75) is 19.9 Å². The molecule has 0 radical (unpaired) electrons. The molecule has 0 fully saturated rings. The molecule has 0 unspecified atom stereocenters. The number of benzene rings is 2. The third-order valence-electron chi connectivity index (χ3n) is 4.46. The predicted molar refractivity (Wildman–Crippen MR) is 101 cm³/mol. The average Bonchev–Trinajstić information content (AvgIpc) is 3.04. The molecule has 0 atom stereocenters. The van der Waals surface area contributed by atoms with E-state index in [2.05, 4.69) is 4.98 Å². The normalized spacial score (nSPS) is 11.4. The van der Waals surface area contributed by atoms with E-state index in [1.54, 1.807) is 18.5 Å². The van der Waals surface area contributed by atoms with Crippen molar-refractivity contribution in [1.82, 2.24) is 14.1 Å². The zero-order valence-corrected chi connectivity index (χ0v) is 14.6. The fourth-order valence-corrected chi connectivity index (χ4v) is 3.20. The Kier molecular flexibility index (Phi) is 3.92. The molecule has 0 aliphatic carbocycles. The Balaban J connectivity index is 2.16. The summed E-state index contributed by atoms with van der Waals surface area (Å²) < 4.78 is 17.4. The second-order valence-corrected chi connectivity index (χ2v) is 6.50. The van der Waals surface area contributed by atoms with Gasteiger partial charge in [0.05, 0.1) is 11.1 Å². The lowest BCUT2D eigenvalue weighted by Gasteiger charge is -2.17. The van der Waals surface area contributed by atoms with Crippen molar-refractivity contribution in [2.75, 3.05) is 0 Å². The summed E-state index contributed by atoms with van der Waals surface area (Å²) in [5.41, 5.74) is 3.12. The van der Waals surface area contributed by atoms with E-state index in [9.17, 15) is 9.18 Å². The Morgan fingerprint density at radius 2 is 1.69 bits per heavy atom. The Morgan fingerprint density at radius 3 is 2.35 bits per heavy atom. The lowest BCUT2D eigenvalue weighted by Crippen LogP contribution is -2.15. The second-order valence-electron chi connectivity index (χ2n) is 6.50. The molecule has 0 aliphatic heterocycles. The number of aromatic nitrogens is 3. The molecule has 2 aromatic carbocycles. The highest BCUT2D eigenvalue weighted by Gasteiger charge is 2.18. The third-order valence-corrected chi connectivity index (χ3v) is 4.46. The molecule has 0 bridgehead atoms. The summed E-state index contributed by atoms with van der Waals surface area (Å²) in [4.78, 5) is 16.5. The van der Waals surface area contributed by atoms with Gasteiger partial charge in [0.15, 0.2) is 0 Å². The molecular formula is C21H18FN3O. The highest BCUT2D eigenvalue weighted by molar-refractivity contribution is 5.86. The second kappa shape index (κ2) is 6.26. The van der Waals surface area contributed by atoms with Gasteiger partial charge in [-0.2, -0.15) is 4.98 Å². The van der Waals surface area contributed by atoms with Crippen LogP contribution in [0.15, 0.2) is 71.8 Å². The summed E-state index contributed by atoms with van der Waals surface area (Å²) in [6.07, 6.45) is 1.57. The van der Waals surface area contributed by atoms with Crippen LogP contribution >= 0.6 is 0 Å². The molecule has 2 aromatic heterocycles. The SMILES string of the molecule is CC(C)n1cnc(=O)c2cc(-c3ccccc3)n(-c3ccc(F)cc3)c21. The summed E-state index contributed by atoms with van der Waals surface area (Å²) in [5, 5.41) is 0.546. The minimum atomic E-state index is -0.297. The number of fused-ring (bicyclic) bond motifs is 1. The van der Waals surface area contributed by atoms with Crippen molar-refractivity contribution in [3.63, 3.8) is 0 Å². The van der Waals surface area contributed by atoms with E-state index in [4.69, 9.17) is 0 Å². The predicted octanol–water partition coefficient (Wildman–Crippen LogP) is 4.57. The monoisotopic (exact) mass is 347 g/mol. The van der Waals surface area contributed by atoms with Crippen LogP contribution in [0.4, 0.5) is 4.39 Å². The molecule has 4 nitrogen and oxygen atoms in total. The van der Waals surface area contributed by atoms with E-state index < -0.39 is 0 Å². The van der Waals surface area contributed by atoms with E-state index in [0.717, 1.165) is 22.6 Å². The van der Waals surface area contributed by atoms with E-state index in [0.29, 0.717) is 5.39 Å². The van der Waals surface area contributed by atoms with Crippen LogP contribution in [0, 0.1) is 5.82 Å². The maximum absolute atomic E-state index is 13.5. The van der Waals surface area contributed by atoms with Gasteiger partial charge >= 0.3 is 0 Å². The molecule has 0 saturated carbocycles. The maximum atomic E-state index is 13.5. The van der Waals surface area contributed by atoms with Gasteiger partial charge in [0.25, 0.3) is 5.56 Å². The molecule has 0 spiro atoms. The van der Waals surface area contributed by atoms with Gasteiger partial charge < -0.3 is 4.57 Å². The molecule has 2 heterocycles. The fourth-order valence-electron chi connectivity index (χ4n) is 3.20. The van der Waals surface area contributed by atoms with Gasteiger partial charge in [-0.3, -0.25) is 9.36 Å². The molecule has 0 amide bonds. The molecule has 130 valence electrons. The van der Waals surface area contributed by atoms with Crippen LogP contribution in [-0.4, -0.2) is 14.1 Å². The summed E-state index contributed by atoms with van der Waals surface area (Å²) in [7, 11) is 0. The van der Waals surface area contributed by atoms with Crippen LogP contribution in [-0.2, 0) is 0 Å². The van der Waals surface area contributed by atoms with Crippen LogP contribution in [0.1, 0.15) is 19.9 Å². The minimum absolute atomic E-state index is 0.114. The Labute approximate surface area is 150 Å². The zero-order chi connectivity index (χ0) is 18.3. The van der Waals surface area contributed by atoms with Crippen molar-refractivity contribution < 1.29 is 4.39 Å². The average molecular weight is 347 g/mol. The van der Waals surface area contributed by atoms with Gasteiger partial charge in [-0.15, -0.1) is 0 Å². The third kappa shape index (κ3) is 2.62. The van der Waals surface area contributed by atoms with Gasteiger partial charge in [0.1, 0.15) is 17.8 Å². The molecular weight excluding hydrogens is 329 g/mol. The largest absolute Gasteiger partial charge is 0.315 e. The van der Waals surface area contributed by atoms with Gasteiger partial charge in [-0.05, 0) is 49.7 Å². The first-order valence-electron chi connectivity index (χ1n) is 8.50. The summed E-state index contributed by atoms with van der Waals surface area (Å²) in [5.74, 6) is -0.297. The van der Waals surface area contributed by atoms with E-state index in [1.807, 2.05) is 59.4 Å². The van der Waals surface area contributed by atoms with Crippen LogP contribution in [0.25, 0.3) is 28.0 Å². The molecule has 4 aromatic rings. The van der Waals surface area contributed by atoms with Gasteiger partial charge in [-0.1, -0.05) is 30.3 Å². The number of hydrogen-bond acceptors (Lipinski definition) is 2. The van der Waals surface area contributed by atoms with E-state index in [-0.39, 0.29) is 17.4 Å². The first-order valence-corrected chi connectivity index (χ1v) is 8.50. The topological polar surface area (TPSA) is 39.8 Å². The van der Waals surface area contributed by atoms with Crippen molar-refractivity contribution >= 4 is 11.0 Å². The highest BCUT2D eigenvalue weighted by atomic mass is 19.1. The summed E-state index contributed by atoms with van der Waals surface area (Å²) >= 11 is 0. The van der Waals surface area contributed by atoms with Crippen molar-refractivity contribution in [3.8, 4) is 16.9 Å². The molecule has 26 heavy (non-hydrogen) atoms. The van der Waals surface area contributed by atoms with Gasteiger partial charge in [-0.25, -0.2) is 4.39 Å². The van der Waals surface area contributed by atoms with E-state index >= 15 is 0 Å². The summed E-state index contributed by atoms with van der Waals surface area (Å²) in [6, 6.07) is 18.1. The smallest absolute Gasteiger partial charge is 0.282 e. The number of halogens is 1. The Hall–Kier alpha value is -3.21. The molecule has 0 N–H and O–H groups in total.